The van der Waals surface area contributed by atoms with Crippen LogP contribution in [0.3, 0.4) is 0 Å². The minimum Gasteiger partial charge on any atom is -0.462 e. The fourth-order valence-corrected chi connectivity index (χ4v) is 6.18. The molecule has 6 heteroatoms. The Balaban J connectivity index is 4.58. The van der Waals surface area contributed by atoms with Crippen LogP contribution in [0.5, 0.6) is 0 Å². The molecule has 0 N–H and O–H groups in total. The maximum absolute atomic E-state index is 12.8. The van der Waals surface area contributed by atoms with Crippen LogP contribution in [0.25, 0.3) is 0 Å². The van der Waals surface area contributed by atoms with Gasteiger partial charge in [-0.1, -0.05) is 193 Å². The first-order valence-electron chi connectivity index (χ1n) is 25.2. The average molecular weight is 883 g/mol. The molecular weight excluding hydrogens is 793 g/mol. The van der Waals surface area contributed by atoms with Crippen molar-refractivity contribution in [2.24, 2.45) is 0 Å². The first-order chi connectivity index (χ1) is 31.5. The van der Waals surface area contributed by atoms with Crippen LogP contribution in [0.2, 0.25) is 0 Å². The molecule has 0 saturated carbocycles. The molecule has 0 radical (unpaired) electrons. The summed E-state index contributed by atoms with van der Waals surface area (Å²) < 4.78 is 16.7. The SMILES string of the molecule is CC/C=C\C/C=C\C/C=C\C/C=C\C/C=C\C/C=C\CCC(=O)OCC(COC(=O)CCCC/C=C\C/C=C\C/C=C\CC)OC(=O)CCCCCCCC/C=C\C=C/CCCCC. The van der Waals surface area contributed by atoms with Gasteiger partial charge in [0.1, 0.15) is 13.2 Å². The van der Waals surface area contributed by atoms with Crippen molar-refractivity contribution in [3.63, 3.8) is 0 Å². The van der Waals surface area contributed by atoms with Gasteiger partial charge in [0.15, 0.2) is 6.10 Å². The Labute approximate surface area is 392 Å². The Hall–Kier alpha value is -4.45. The molecule has 1 atom stereocenters. The van der Waals surface area contributed by atoms with Crippen LogP contribution in [0.4, 0.5) is 0 Å². The maximum Gasteiger partial charge on any atom is 0.306 e. The van der Waals surface area contributed by atoms with Crippen LogP contribution in [0, 0.1) is 0 Å². The highest BCUT2D eigenvalue weighted by Gasteiger charge is 2.19. The fourth-order valence-electron chi connectivity index (χ4n) is 6.18. The van der Waals surface area contributed by atoms with Crippen molar-refractivity contribution in [3.8, 4) is 0 Å². The lowest BCUT2D eigenvalue weighted by molar-refractivity contribution is -0.166. The second-order valence-electron chi connectivity index (χ2n) is 16.0. The van der Waals surface area contributed by atoms with Crippen molar-refractivity contribution in [1.29, 1.82) is 0 Å². The predicted molar refractivity (Wildman–Crippen MR) is 274 cm³/mol. The van der Waals surface area contributed by atoms with Gasteiger partial charge >= 0.3 is 17.9 Å². The zero-order valence-corrected chi connectivity index (χ0v) is 40.7. The zero-order chi connectivity index (χ0) is 46.5. The van der Waals surface area contributed by atoms with Crippen molar-refractivity contribution in [2.45, 2.75) is 200 Å². The molecule has 64 heavy (non-hydrogen) atoms. The van der Waals surface area contributed by atoms with Gasteiger partial charge in [0.25, 0.3) is 0 Å². The Morgan fingerprint density at radius 3 is 1.17 bits per heavy atom. The van der Waals surface area contributed by atoms with Gasteiger partial charge in [-0.15, -0.1) is 0 Å². The van der Waals surface area contributed by atoms with Gasteiger partial charge in [-0.25, -0.2) is 0 Å². The van der Waals surface area contributed by atoms with E-state index in [4.69, 9.17) is 14.2 Å². The summed E-state index contributed by atoms with van der Waals surface area (Å²) in [5.74, 6) is -1.08. The summed E-state index contributed by atoms with van der Waals surface area (Å²) in [7, 11) is 0. The number of hydrogen-bond donors (Lipinski definition) is 0. The van der Waals surface area contributed by atoms with Crippen LogP contribution in [0.15, 0.2) is 134 Å². The molecule has 0 fully saturated rings. The predicted octanol–water partition coefficient (Wildman–Crippen LogP) is 16.7. The summed E-state index contributed by atoms with van der Waals surface area (Å²) >= 11 is 0. The van der Waals surface area contributed by atoms with Crippen LogP contribution in [-0.4, -0.2) is 37.2 Å². The van der Waals surface area contributed by atoms with Crippen molar-refractivity contribution in [2.75, 3.05) is 13.2 Å². The van der Waals surface area contributed by atoms with Gasteiger partial charge in [-0.3, -0.25) is 14.4 Å². The average Bonchev–Trinajstić information content (AvgIpc) is 3.29. The molecule has 0 aliphatic carbocycles. The van der Waals surface area contributed by atoms with E-state index < -0.39 is 6.10 Å². The lowest BCUT2D eigenvalue weighted by Gasteiger charge is -2.18. The maximum atomic E-state index is 12.8. The molecule has 0 heterocycles. The van der Waals surface area contributed by atoms with Crippen LogP contribution in [0.1, 0.15) is 194 Å². The van der Waals surface area contributed by atoms with E-state index in [1.807, 2.05) is 12.2 Å². The monoisotopic (exact) mass is 883 g/mol. The Bertz CT molecular complexity index is 1430. The Morgan fingerprint density at radius 1 is 0.344 bits per heavy atom. The van der Waals surface area contributed by atoms with E-state index in [0.717, 1.165) is 109 Å². The van der Waals surface area contributed by atoms with Crippen LogP contribution >= 0.6 is 0 Å². The third kappa shape index (κ3) is 48.6. The zero-order valence-electron chi connectivity index (χ0n) is 40.7. The number of allylic oxidation sites excluding steroid dienone is 22. The first-order valence-corrected chi connectivity index (χ1v) is 25.2. The van der Waals surface area contributed by atoms with Crippen molar-refractivity contribution in [3.05, 3.63) is 134 Å². The van der Waals surface area contributed by atoms with Gasteiger partial charge in [-0.2, -0.15) is 0 Å². The van der Waals surface area contributed by atoms with E-state index in [1.165, 1.54) is 32.1 Å². The lowest BCUT2D eigenvalue weighted by Crippen LogP contribution is -2.30. The molecule has 0 aliphatic heterocycles. The third-order valence-electron chi connectivity index (χ3n) is 9.91. The highest BCUT2D eigenvalue weighted by atomic mass is 16.6. The van der Waals surface area contributed by atoms with Gasteiger partial charge in [-0.05, 0) is 116 Å². The summed E-state index contributed by atoms with van der Waals surface area (Å²) in [6.07, 6.45) is 71.6. The number of ether oxygens (including phenoxy) is 3. The summed E-state index contributed by atoms with van der Waals surface area (Å²) in [5, 5.41) is 0. The summed E-state index contributed by atoms with van der Waals surface area (Å²) in [6, 6.07) is 0. The third-order valence-corrected chi connectivity index (χ3v) is 9.91. The first kappa shape index (κ1) is 59.5. The van der Waals surface area contributed by atoms with Gasteiger partial charge in [0, 0.05) is 19.3 Å². The minimum absolute atomic E-state index is 0.131. The largest absolute Gasteiger partial charge is 0.462 e. The second-order valence-corrected chi connectivity index (χ2v) is 16.0. The highest BCUT2D eigenvalue weighted by molar-refractivity contribution is 5.71. The quantitative estimate of drug-likeness (QED) is 0.0200. The van der Waals surface area contributed by atoms with Crippen molar-refractivity contribution in [1.82, 2.24) is 0 Å². The van der Waals surface area contributed by atoms with Crippen LogP contribution < -0.4 is 0 Å². The number of hydrogen-bond acceptors (Lipinski definition) is 6. The number of unbranched alkanes of at least 4 members (excludes halogenated alkanes) is 11. The Kier molecular flexibility index (Phi) is 47.6. The molecule has 0 aromatic carbocycles. The molecule has 1 unspecified atom stereocenters. The van der Waals surface area contributed by atoms with E-state index in [2.05, 4.69) is 142 Å². The number of carbonyl (C=O) groups excluding carboxylic acids is 3. The van der Waals surface area contributed by atoms with Crippen molar-refractivity contribution >= 4 is 17.9 Å². The van der Waals surface area contributed by atoms with Gasteiger partial charge < -0.3 is 14.2 Å². The topological polar surface area (TPSA) is 78.9 Å². The van der Waals surface area contributed by atoms with Gasteiger partial charge in [0.05, 0.1) is 0 Å². The van der Waals surface area contributed by atoms with Gasteiger partial charge in [0.2, 0.25) is 0 Å². The second kappa shape index (κ2) is 51.2. The van der Waals surface area contributed by atoms with Crippen LogP contribution in [-0.2, 0) is 28.6 Å². The molecule has 0 aliphatic rings. The molecule has 0 bridgehead atoms. The lowest BCUT2D eigenvalue weighted by atomic mass is 10.1. The number of carbonyl (C=O) groups is 3. The smallest absolute Gasteiger partial charge is 0.306 e. The molecule has 6 nitrogen and oxygen atoms in total. The minimum atomic E-state index is -0.834. The molecule has 0 amide bonds. The normalized spacial score (nSPS) is 13.2. The van der Waals surface area contributed by atoms with E-state index in [0.29, 0.717) is 12.8 Å². The molecule has 358 valence electrons. The number of rotatable bonds is 43. The molecule has 0 aromatic heterocycles. The number of esters is 3. The fraction of sp³-hybridized carbons (Fsp3) is 0.569. The van der Waals surface area contributed by atoms with E-state index in [-0.39, 0.29) is 50.4 Å². The Morgan fingerprint density at radius 2 is 0.688 bits per heavy atom. The molecule has 0 saturated heterocycles. The van der Waals surface area contributed by atoms with E-state index >= 15 is 0 Å². The van der Waals surface area contributed by atoms with Crippen molar-refractivity contribution < 1.29 is 28.6 Å². The highest BCUT2D eigenvalue weighted by Crippen LogP contribution is 2.12. The van der Waals surface area contributed by atoms with E-state index in [9.17, 15) is 14.4 Å². The molecule has 0 rings (SSSR count). The molecule has 0 aromatic rings. The molecule has 0 spiro atoms. The standard InChI is InChI=1S/C58H90O6/c1-4-7-10-13-16-19-22-25-27-28-29-30-32-33-36-39-42-45-48-51-57(60)63-54-55(53-62-56(59)50-47-44-41-38-35-24-21-18-15-12-9-6-3)64-58(61)52-49-46-43-40-37-34-31-26-23-20-17-14-11-8-5-2/h7,9-10,12,16-21,23,25-27,29-30,33,35-36,38,42,45,55H,4-6,8,11,13-15,22,24,28,31-32,34,37,39-41,43-44,46-54H2,1-3H3/b10-7-,12-9-,19-16-,20-17-,21-18-,26-23-,27-25-,30-29-,36-33-,38-35-,45-42-. The summed E-state index contributed by atoms with van der Waals surface area (Å²) in [4.78, 5) is 37.9. The van der Waals surface area contributed by atoms with E-state index in [1.54, 1.807) is 0 Å². The summed E-state index contributed by atoms with van der Waals surface area (Å²) in [6.45, 7) is 6.24. The summed E-state index contributed by atoms with van der Waals surface area (Å²) in [5.41, 5.74) is 0. The molecular formula is C58H90O6.